The lowest BCUT2D eigenvalue weighted by Gasteiger charge is -2.22. The number of rotatable bonds is 11. The van der Waals surface area contributed by atoms with E-state index in [0.29, 0.717) is 29.9 Å². The van der Waals surface area contributed by atoms with Gasteiger partial charge in [0.05, 0.1) is 11.1 Å². The predicted molar refractivity (Wildman–Crippen MR) is 118 cm³/mol. The van der Waals surface area contributed by atoms with Crippen molar-refractivity contribution in [2.75, 3.05) is 11.9 Å². The largest absolute Gasteiger partial charge is 0.478 e. The quantitative estimate of drug-likeness (QED) is 0.404. The lowest BCUT2D eigenvalue weighted by molar-refractivity contribution is -0.123. The fourth-order valence-corrected chi connectivity index (χ4v) is 3.35. The summed E-state index contributed by atoms with van der Waals surface area (Å²) < 4.78 is 0. The first-order chi connectivity index (χ1) is 15.0. The van der Waals surface area contributed by atoms with E-state index in [0.717, 1.165) is 31.4 Å². The van der Waals surface area contributed by atoms with Crippen molar-refractivity contribution in [3.05, 3.63) is 41.0 Å². The highest BCUT2D eigenvalue weighted by atomic mass is 16.4. The molecule has 0 fully saturated rings. The molecular weight excluding hydrogens is 398 g/mol. The molecule has 4 N–H and O–H groups in total. The van der Waals surface area contributed by atoms with Crippen LogP contribution in [0.15, 0.2) is 45.4 Å². The van der Waals surface area contributed by atoms with Gasteiger partial charge in [0.25, 0.3) is 5.91 Å². The molecule has 1 atom stereocenters. The third kappa shape index (κ3) is 6.00. The van der Waals surface area contributed by atoms with Gasteiger partial charge in [-0.2, -0.15) is 0 Å². The Morgan fingerprint density at radius 1 is 1.13 bits per heavy atom. The maximum absolute atomic E-state index is 12.6. The number of fused-ring (bicyclic) bond motifs is 1. The van der Waals surface area contributed by atoms with E-state index < -0.39 is 12.3 Å². The van der Waals surface area contributed by atoms with Gasteiger partial charge in [-0.15, -0.1) is 0 Å². The highest BCUT2D eigenvalue weighted by molar-refractivity contribution is 6.30. The number of nitrogens with one attached hydrogen (secondary N) is 3. The second-order valence-electron chi connectivity index (χ2n) is 7.45. The minimum absolute atomic E-state index is 0.146. The Balaban J connectivity index is 1.55. The molecule has 1 unspecified atom stereocenters. The second kappa shape index (κ2) is 10.5. The molecular formula is C22H27N5O4. The number of amidine groups is 1. The van der Waals surface area contributed by atoms with Crippen molar-refractivity contribution in [2.45, 2.75) is 51.7 Å². The van der Waals surface area contributed by atoms with Gasteiger partial charge in [0, 0.05) is 30.4 Å². The number of aromatic carboxylic acids is 1. The zero-order valence-corrected chi connectivity index (χ0v) is 17.5. The molecule has 31 heavy (non-hydrogen) atoms. The monoisotopic (exact) mass is 425 g/mol. The van der Waals surface area contributed by atoms with E-state index in [4.69, 9.17) is 5.11 Å². The molecule has 0 saturated carbocycles. The van der Waals surface area contributed by atoms with E-state index in [1.807, 2.05) is 0 Å². The molecule has 0 saturated heterocycles. The van der Waals surface area contributed by atoms with E-state index in [9.17, 15) is 14.4 Å². The molecule has 0 bridgehead atoms. The van der Waals surface area contributed by atoms with Crippen molar-refractivity contribution < 1.29 is 19.5 Å². The van der Waals surface area contributed by atoms with Crippen LogP contribution in [0.3, 0.4) is 0 Å². The molecule has 2 heterocycles. The normalized spacial score (nSPS) is 17.1. The molecule has 9 nitrogen and oxygen atoms in total. The molecule has 0 aromatic heterocycles. The summed E-state index contributed by atoms with van der Waals surface area (Å²) in [5, 5.41) is 17.5. The number of anilines is 1. The Hall–Kier alpha value is -3.49. The van der Waals surface area contributed by atoms with Gasteiger partial charge in [0.15, 0.2) is 5.84 Å². The fourth-order valence-electron chi connectivity index (χ4n) is 3.35. The number of carboxylic acid groups (broad SMARTS) is 1. The first-order valence-electron chi connectivity index (χ1n) is 10.5. The summed E-state index contributed by atoms with van der Waals surface area (Å²) in [5.74, 6) is -1.17. The van der Waals surface area contributed by atoms with Crippen LogP contribution in [0.4, 0.5) is 5.69 Å². The predicted octanol–water partition coefficient (Wildman–Crippen LogP) is 2.47. The second-order valence-corrected chi connectivity index (χ2v) is 7.45. The lowest BCUT2D eigenvalue weighted by atomic mass is 10.1. The number of carbonyl (C=O) groups is 3. The summed E-state index contributed by atoms with van der Waals surface area (Å²) in [4.78, 5) is 44.1. The van der Waals surface area contributed by atoms with E-state index in [2.05, 4.69) is 32.9 Å². The van der Waals surface area contributed by atoms with Gasteiger partial charge in [-0.05, 0) is 30.7 Å². The Kier molecular flexibility index (Phi) is 7.53. The average molecular weight is 425 g/mol. The Morgan fingerprint density at radius 2 is 1.87 bits per heavy atom. The van der Waals surface area contributed by atoms with E-state index in [1.165, 1.54) is 18.6 Å². The standard InChI is InChI=1S/C22H27N5O4/c1-2-3-4-5-6-7-17(28)25-22-26-19-18(20(29)27-22)15(13-24-19)12-23-16-10-8-14(9-11-16)21(30)31/h8-11,13,22-23H,2-7,12H2,1H3,(H,25,28)(H,27,29)(H,30,31). The molecule has 3 rings (SSSR count). The van der Waals surface area contributed by atoms with Crippen molar-refractivity contribution in [1.82, 2.24) is 10.6 Å². The van der Waals surface area contributed by atoms with Crippen LogP contribution in [0.1, 0.15) is 55.8 Å². The van der Waals surface area contributed by atoms with Gasteiger partial charge in [-0.25, -0.2) is 14.8 Å². The van der Waals surface area contributed by atoms with Crippen LogP contribution in [0.2, 0.25) is 0 Å². The Morgan fingerprint density at radius 3 is 2.58 bits per heavy atom. The fraction of sp³-hybridized carbons (Fsp3) is 0.409. The molecule has 9 heteroatoms. The van der Waals surface area contributed by atoms with Gasteiger partial charge in [-0.3, -0.25) is 9.59 Å². The van der Waals surface area contributed by atoms with Crippen molar-refractivity contribution in [2.24, 2.45) is 9.98 Å². The highest BCUT2D eigenvalue weighted by Crippen LogP contribution is 2.19. The molecule has 0 radical (unpaired) electrons. The van der Waals surface area contributed by atoms with Crippen LogP contribution in [0, 0.1) is 0 Å². The summed E-state index contributed by atoms with van der Waals surface area (Å²) in [6.45, 7) is 2.47. The van der Waals surface area contributed by atoms with Crippen molar-refractivity contribution in [1.29, 1.82) is 0 Å². The average Bonchev–Trinajstić information content (AvgIpc) is 3.16. The van der Waals surface area contributed by atoms with Gasteiger partial charge in [0.1, 0.15) is 0 Å². The highest BCUT2D eigenvalue weighted by Gasteiger charge is 2.31. The number of carboxylic acids is 1. The SMILES string of the molecule is CCCCCCCC(=O)NC1N=C2N=CC(CNc3ccc(C(=O)O)cc3)=C2C(=O)N1. The molecule has 2 aliphatic heterocycles. The lowest BCUT2D eigenvalue weighted by Crippen LogP contribution is -2.51. The third-order valence-electron chi connectivity index (χ3n) is 5.05. The zero-order valence-electron chi connectivity index (χ0n) is 17.5. The molecule has 2 aliphatic rings. The Bertz CT molecular complexity index is 934. The molecule has 0 aliphatic carbocycles. The van der Waals surface area contributed by atoms with E-state index in [-0.39, 0.29) is 17.4 Å². The topological polar surface area (TPSA) is 132 Å². The number of aliphatic imine (C=N–C) groups is 2. The molecule has 1 aromatic rings. The number of carbonyl (C=O) groups excluding carboxylic acids is 2. The molecule has 2 amide bonds. The van der Waals surface area contributed by atoms with Gasteiger partial charge in [0.2, 0.25) is 12.2 Å². The number of hydrogen-bond acceptors (Lipinski definition) is 6. The first kappa shape index (κ1) is 22.2. The minimum Gasteiger partial charge on any atom is -0.478 e. The summed E-state index contributed by atoms with van der Waals surface area (Å²) >= 11 is 0. The molecule has 0 spiro atoms. The van der Waals surface area contributed by atoms with E-state index in [1.54, 1.807) is 18.3 Å². The van der Waals surface area contributed by atoms with Gasteiger partial charge < -0.3 is 21.1 Å². The van der Waals surface area contributed by atoms with Crippen molar-refractivity contribution in [3.63, 3.8) is 0 Å². The summed E-state index contributed by atoms with van der Waals surface area (Å²) in [7, 11) is 0. The smallest absolute Gasteiger partial charge is 0.335 e. The zero-order chi connectivity index (χ0) is 22.2. The summed E-state index contributed by atoms with van der Waals surface area (Å²) in [5.41, 5.74) is 1.96. The minimum atomic E-state index is -0.989. The number of unbranched alkanes of at least 4 members (excludes halogenated alkanes) is 4. The van der Waals surface area contributed by atoms with E-state index >= 15 is 0 Å². The Labute approximate surface area is 180 Å². The van der Waals surface area contributed by atoms with Crippen LogP contribution >= 0.6 is 0 Å². The number of benzene rings is 1. The van der Waals surface area contributed by atoms with Crippen molar-refractivity contribution >= 4 is 35.5 Å². The van der Waals surface area contributed by atoms with Crippen molar-refractivity contribution in [3.8, 4) is 0 Å². The number of hydrogen-bond donors (Lipinski definition) is 4. The van der Waals surface area contributed by atoms with Crippen LogP contribution < -0.4 is 16.0 Å². The third-order valence-corrected chi connectivity index (χ3v) is 5.05. The number of nitrogens with zero attached hydrogens (tertiary/aromatic N) is 2. The maximum atomic E-state index is 12.6. The van der Waals surface area contributed by atoms with Gasteiger partial charge in [-0.1, -0.05) is 32.6 Å². The summed E-state index contributed by atoms with van der Waals surface area (Å²) in [6, 6.07) is 6.32. The first-order valence-corrected chi connectivity index (χ1v) is 10.5. The number of amides is 2. The van der Waals surface area contributed by atoms with Crippen LogP contribution in [0.25, 0.3) is 0 Å². The maximum Gasteiger partial charge on any atom is 0.335 e. The summed E-state index contributed by atoms with van der Waals surface area (Å²) in [6.07, 6.45) is 6.44. The molecule has 1 aromatic carbocycles. The van der Waals surface area contributed by atoms with Crippen LogP contribution in [-0.2, 0) is 9.59 Å². The van der Waals surface area contributed by atoms with Crippen LogP contribution in [0.5, 0.6) is 0 Å². The molecule has 164 valence electrons. The van der Waals surface area contributed by atoms with Gasteiger partial charge >= 0.3 is 5.97 Å². The van der Waals surface area contributed by atoms with Crippen LogP contribution in [-0.4, -0.2) is 47.8 Å².